The summed E-state index contributed by atoms with van der Waals surface area (Å²) in [5.41, 5.74) is 2.22. The van der Waals surface area contributed by atoms with Gasteiger partial charge in [0.25, 0.3) is 0 Å². The van der Waals surface area contributed by atoms with Crippen molar-refractivity contribution in [2.24, 2.45) is 0 Å². The Morgan fingerprint density at radius 3 is 2.87 bits per heavy atom. The predicted molar refractivity (Wildman–Crippen MR) is 63.4 cm³/mol. The third-order valence-electron chi connectivity index (χ3n) is 2.02. The molecule has 0 bridgehead atoms. The highest BCUT2D eigenvalue weighted by Crippen LogP contribution is 2.08. The van der Waals surface area contributed by atoms with Gasteiger partial charge >= 0.3 is 0 Å². The number of nitrogens with one attached hydrogen (secondary N) is 1. The minimum Gasteiger partial charge on any atom is -0.349 e. The standard InChI is InChI=1S/C13H15NO/c1-3-10-14-13(15)9-8-12-7-5-4-6-11(12)2/h3-9H,1,10H2,2H3,(H,14,15). The van der Waals surface area contributed by atoms with Gasteiger partial charge in [0.2, 0.25) is 5.91 Å². The largest absolute Gasteiger partial charge is 0.349 e. The van der Waals surface area contributed by atoms with E-state index in [0.717, 1.165) is 11.1 Å². The quantitative estimate of drug-likeness (QED) is 0.588. The molecule has 1 rings (SSSR count). The summed E-state index contributed by atoms with van der Waals surface area (Å²) in [4.78, 5) is 11.2. The number of amides is 1. The van der Waals surface area contributed by atoms with Crippen LogP contribution in [0.15, 0.2) is 43.0 Å². The van der Waals surface area contributed by atoms with Gasteiger partial charge in [0, 0.05) is 12.6 Å². The van der Waals surface area contributed by atoms with E-state index >= 15 is 0 Å². The Balaban J connectivity index is 2.61. The highest BCUT2D eigenvalue weighted by Gasteiger charge is 1.94. The highest BCUT2D eigenvalue weighted by atomic mass is 16.1. The minimum absolute atomic E-state index is 0.0989. The van der Waals surface area contributed by atoms with Crippen LogP contribution >= 0.6 is 0 Å². The minimum atomic E-state index is -0.0989. The van der Waals surface area contributed by atoms with E-state index in [-0.39, 0.29) is 5.91 Å². The molecule has 0 fully saturated rings. The number of rotatable bonds is 4. The lowest BCUT2D eigenvalue weighted by Crippen LogP contribution is -2.20. The normalized spacial score (nSPS) is 10.2. The molecule has 0 atom stereocenters. The Bertz CT molecular complexity index is 380. The molecule has 0 heterocycles. The molecule has 0 aliphatic carbocycles. The number of benzene rings is 1. The zero-order chi connectivity index (χ0) is 11.1. The molecule has 0 aliphatic rings. The van der Waals surface area contributed by atoms with Gasteiger partial charge in [0.15, 0.2) is 0 Å². The summed E-state index contributed by atoms with van der Waals surface area (Å²) in [5.74, 6) is -0.0989. The molecule has 0 saturated heterocycles. The summed E-state index contributed by atoms with van der Waals surface area (Å²) in [6, 6.07) is 7.92. The van der Waals surface area contributed by atoms with Crippen molar-refractivity contribution in [2.75, 3.05) is 6.54 Å². The Kier molecular flexibility index (Phi) is 4.35. The maximum Gasteiger partial charge on any atom is 0.244 e. The SMILES string of the molecule is C=CCNC(=O)C=Cc1ccccc1C. The van der Waals surface area contributed by atoms with Crippen molar-refractivity contribution in [3.63, 3.8) is 0 Å². The number of carbonyl (C=O) groups excluding carboxylic acids is 1. The predicted octanol–water partition coefficient (Wildman–Crippen LogP) is 2.31. The van der Waals surface area contributed by atoms with Gasteiger partial charge < -0.3 is 5.32 Å². The molecule has 0 aromatic heterocycles. The Morgan fingerprint density at radius 1 is 1.47 bits per heavy atom. The fourth-order valence-corrected chi connectivity index (χ4v) is 1.17. The first-order valence-electron chi connectivity index (χ1n) is 4.86. The molecule has 0 saturated carbocycles. The summed E-state index contributed by atoms with van der Waals surface area (Å²) < 4.78 is 0. The number of hydrogen-bond acceptors (Lipinski definition) is 1. The van der Waals surface area contributed by atoms with Crippen LogP contribution in [-0.2, 0) is 4.79 Å². The maximum absolute atomic E-state index is 11.2. The molecule has 0 spiro atoms. The first-order valence-corrected chi connectivity index (χ1v) is 4.86. The monoisotopic (exact) mass is 201 g/mol. The lowest BCUT2D eigenvalue weighted by molar-refractivity contribution is -0.116. The third-order valence-corrected chi connectivity index (χ3v) is 2.02. The number of aryl methyl sites for hydroxylation is 1. The van der Waals surface area contributed by atoms with E-state index in [1.807, 2.05) is 37.3 Å². The Labute approximate surface area is 90.3 Å². The number of carbonyl (C=O) groups is 1. The molecule has 15 heavy (non-hydrogen) atoms. The number of hydrogen-bond donors (Lipinski definition) is 1. The van der Waals surface area contributed by atoms with Gasteiger partial charge in [-0.25, -0.2) is 0 Å². The average Bonchev–Trinajstić information content (AvgIpc) is 2.25. The van der Waals surface area contributed by atoms with Crippen LogP contribution < -0.4 is 5.32 Å². The molecule has 0 aliphatic heterocycles. The molecule has 1 aromatic carbocycles. The van der Waals surface area contributed by atoms with E-state index in [4.69, 9.17) is 0 Å². The van der Waals surface area contributed by atoms with Crippen molar-refractivity contribution in [1.82, 2.24) is 5.32 Å². The van der Waals surface area contributed by atoms with E-state index in [9.17, 15) is 4.79 Å². The molecule has 0 unspecified atom stereocenters. The van der Waals surface area contributed by atoms with Gasteiger partial charge in [-0.3, -0.25) is 4.79 Å². The van der Waals surface area contributed by atoms with Crippen molar-refractivity contribution in [3.05, 3.63) is 54.1 Å². The molecule has 2 heteroatoms. The van der Waals surface area contributed by atoms with Gasteiger partial charge in [-0.05, 0) is 24.1 Å². The van der Waals surface area contributed by atoms with Crippen molar-refractivity contribution in [1.29, 1.82) is 0 Å². The first kappa shape index (κ1) is 11.2. The van der Waals surface area contributed by atoms with E-state index in [2.05, 4.69) is 11.9 Å². The molecule has 78 valence electrons. The smallest absolute Gasteiger partial charge is 0.244 e. The summed E-state index contributed by atoms with van der Waals surface area (Å²) in [6.07, 6.45) is 5.00. The van der Waals surface area contributed by atoms with E-state index in [1.165, 1.54) is 6.08 Å². The second kappa shape index (κ2) is 5.81. The summed E-state index contributed by atoms with van der Waals surface area (Å²) in [5, 5.41) is 2.68. The zero-order valence-electron chi connectivity index (χ0n) is 8.86. The zero-order valence-corrected chi connectivity index (χ0v) is 8.86. The lowest BCUT2D eigenvalue weighted by atomic mass is 10.1. The lowest BCUT2D eigenvalue weighted by Gasteiger charge is -1.99. The molecule has 1 amide bonds. The second-order valence-electron chi connectivity index (χ2n) is 3.22. The van der Waals surface area contributed by atoms with Gasteiger partial charge in [0.1, 0.15) is 0 Å². The summed E-state index contributed by atoms with van der Waals surface area (Å²) >= 11 is 0. The molecule has 1 aromatic rings. The van der Waals surface area contributed by atoms with Crippen LogP contribution in [0.3, 0.4) is 0 Å². The van der Waals surface area contributed by atoms with Crippen molar-refractivity contribution < 1.29 is 4.79 Å². The Morgan fingerprint density at radius 2 is 2.20 bits per heavy atom. The Hall–Kier alpha value is -1.83. The molecule has 2 nitrogen and oxygen atoms in total. The fraction of sp³-hybridized carbons (Fsp3) is 0.154. The van der Waals surface area contributed by atoms with Crippen molar-refractivity contribution in [3.8, 4) is 0 Å². The fourth-order valence-electron chi connectivity index (χ4n) is 1.17. The van der Waals surface area contributed by atoms with Crippen LogP contribution in [0.4, 0.5) is 0 Å². The summed E-state index contributed by atoms with van der Waals surface area (Å²) in [6.45, 7) is 6.04. The highest BCUT2D eigenvalue weighted by molar-refractivity contribution is 5.91. The van der Waals surface area contributed by atoms with Gasteiger partial charge in [-0.2, -0.15) is 0 Å². The second-order valence-corrected chi connectivity index (χ2v) is 3.22. The van der Waals surface area contributed by atoms with Crippen LogP contribution in [0.1, 0.15) is 11.1 Å². The first-order chi connectivity index (χ1) is 7.24. The third kappa shape index (κ3) is 3.81. The molecular weight excluding hydrogens is 186 g/mol. The van der Waals surface area contributed by atoms with Gasteiger partial charge in [-0.1, -0.05) is 30.3 Å². The van der Waals surface area contributed by atoms with E-state index in [1.54, 1.807) is 6.08 Å². The van der Waals surface area contributed by atoms with E-state index < -0.39 is 0 Å². The topological polar surface area (TPSA) is 29.1 Å². The van der Waals surface area contributed by atoms with Gasteiger partial charge in [-0.15, -0.1) is 6.58 Å². The average molecular weight is 201 g/mol. The van der Waals surface area contributed by atoms with Crippen molar-refractivity contribution >= 4 is 12.0 Å². The van der Waals surface area contributed by atoms with Crippen LogP contribution in [-0.4, -0.2) is 12.5 Å². The molecular formula is C13H15NO. The van der Waals surface area contributed by atoms with Crippen LogP contribution in [0.2, 0.25) is 0 Å². The van der Waals surface area contributed by atoms with E-state index in [0.29, 0.717) is 6.54 Å². The summed E-state index contributed by atoms with van der Waals surface area (Å²) in [7, 11) is 0. The van der Waals surface area contributed by atoms with Crippen LogP contribution in [0, 0.1) is 6.92 Å². The molecule has 0 radical (unpaired) electrons. The van der Waals surface area contributed by atoms with Crippen LogP contribution in [0.25, 0.3) is 6.08 Å². The van der Waals surface area contributed by atoms with Crippen LogP contribution in [0.5, 0.6) is 0 Å². The van der Waals surface area contributed by atoms with Gasteiger partial charge in [0.05, 0.1) is 0 Å². The maximum atomic E-state index is 11.2. The molecule has 1 N–H and O–H groups in total. The van der Waals surface area contributed by atoms with Crippen molar-refractivity contribution in [2.45, 2.75) is 6.92 Å².